The van der Waals surface area contributed by atoms with Crippen molar-refractivity contribution in [2.75, 3.05) is 5.32 Å². The molecule has 0 bridgehead atoms. The highest BCUT2D eigenvalue weighted by atomic mass is 79.9. The van der Waals surface area contributed by atoms with Gasteiger partial charge in [-0.25, -0.2) is 4.98 Å². The van der Waals surface area contributed by atoms with E-state index in [2.05, 4.69) is 40.1 Å². The van der Waals surface area contributed by atoms with Gasteiger partial charge in [0.25, 0.3) is 0 Å². The van der Waals surface area contributed by atoms with Gasteiger partial charge in [-0.05, 0) is 28.8 Å². The highest BCUT2D eigenvalue weighted by Gasteiger charge is 2.20. The fourth-order valence-corrected chi connectivity index (χ4v) is 2.33. The summed E-state index contributed by atoms with van der Waals surface area (Å²) in [7, 11) is 0. The monoisotopic (exact) mass is 315 g/mol. The van der Waals surface area contributed by atoms with E-state index in [0.717, 1.165) is 12.8 Å². The van der Waals surface area contributed by atoms with Crippen LogP contribution in [0.4, 0.5) is 11.5 Å². The van der Waals surface area contributed by atoms with Crippen molar-refractivity contribution in [2.45, 2.75) is 39.7 Å². The molecule has 1 atom stereocenters. The summed E-state index contributed by atoms with van der Waals surface area (Å²) in [5.74, 6) is 0.817. The third kappa shape index (κ3) is 3.66. The van der Waals surface area contributed by atoms with Crippen LogP contribution in [-0.4, -0.2) is 15.9 Å². The molecule has 0 aliphatic heterocycles. The molecule has 0 aliphatic rings. The number of hydrogen-bond donors (Lipinski definition) is 1. The molecule has 1 N–H and O–H groups in total. The summed E-state index contributed by atoms with van der Waals surface area (Å²) in [5, 5.41) is 14.1. The third-order valence-electron chi connectivity index (χ3n) is 3.15. The van der Waals surface area contributed by atoms with Gasteiger partial charge in [-0.1, -0.05) is 26.7 Å². The average molecular weight is 316 g/mol. The second kappa shape index (κ2) is 6.68. The van der Waals surface area contributed by atoms with E-state index in [9.17, 15) is 10.1 Å². The first-order chi connectivity index (χ1) is 8.49. The molecule has 0 spiro atoms. The van der Waals surface area contributed by atoms with E-state index in [1.807, 2.05) is 6.92 Å². The average Bonchev–Trinajstić information content (AvgIpc) is 2.32. The molecule has 0 saturated heterocycles. The van der Waals surface area contributed by atoms with E-state index in [-0.39, 0.29) is 11.7 Å². The highest BCUT2D eigenvalue weighted by molar-refractivity contribution is 9.10. The molecule has 0 fully saturated rings. The van der Waals surface area contributed by atoms with Gasteiger partial charge in [0, 0.05) is 22.8 Å². The second-order valence-corrected chi connectivity index (χ2v) is 5.20. The number of aromatic nitrogens is 1. The van der Waals surface area contributed by atoms with Crippen LogP contribution in [-0.2, 0) is 0 Å². The molecule has 6 heteroatoms. The molecule has 18 heavy (non-hydrogen) atoms. The van der Waals surface area contributed by atoms with Crippen molar-refractivity contribution in [3.8, 4) is 0 Å². The lowest BCUT2D eigenvalue weighted by Crippen LogP contribution is -2.25. The van der Waals surface area contributed by atoms with Crippen LogP contribution in [0, 0.1) is 16.0 Å². The van der Waals surface area contributed by atoms with E-state index in [4.69, 9.17) is 0 Å². The minimum atomic E-state index is -0.417. The van der Waals surface area contributed by atoms with Gasteiger partial charge < -0.3 is 5.32 Å². The number of nitro groups is 1. The molecule has 0 aliphatic carbocycles. The summed E-state index contributed by atoms with van der Waals surface area (Å²) in [5.41, 5.74) is 0.00202. The first-order valence-electron chi connectivity index (χ1n) is 6.06. The first-order valence-corrected chi connectivity index (χ1v) is 6.85. The molecule has 0 saturated carbocycles. The topological polar surface area (TPSA) is 68.1 Å². The zero-order valence-electron chi connectivity index (χ0n) is 10.8. The number of rotatable bonds is 6. The second-order valence-electron chi connectivity index (χ2n) is 4.29. The minimum absolute atomic E-state index is 0.00202. The van der Waals surface area contributed by atoms with Crippen LogP contribution < -0.4 is 5.32 Å². The maximum Gasteiger partial charge on any atom is 0.312 e. The maximum absolute atomic E-state index is 11.0. The van der Waals surface area contributed by atoms with Crippen molar-refractivity contribution >= 4 is 27.4 Å². The fourth-order valence-electron chi connectivity index (χ4n) is 2.01. The van der Waals surface area contributed by atoms with Gasteiger partial charge in [0.05, 0.1) is 4.92 Å². The largest absolute Gasteiger partial charge is 0.362 e. The van der Waals surface area contributed by atoms with Gasteiger partial charge in [0.2, 0.25) is 5.82 Å². The molecule has 0 amide bonds. The Bertz CT molecular complexity index is 422. The van der Waals surface area contributed by atoms with Gasteiger partial charge in [-0.2, -0.15) is 0 Å². The van der Waals surface area contributed by atoms with Crippen LogP contribution in [0.3, 0.4) is 0 Å². The maximum atomic E-state index is 11.0. The van der Waals surface area contributed by atoms with Crippen molar-refractivity contribution in [1.29, 1.82) is 0 Å². The van der Waals surface area contributed by atoms with Crippen LogP contribution in [0.15, 0.2) is 16.7 Å². The number of nitrogens with one attached hydrogen (secondary N) is 1. The molecule has 100 valence electrons. The molecule has 0 aromatic carbocycles. The Balaban J connectivity index is 2.93. The minimum Gasteiger partial charge on any atom is -0.362 e. The molecule has 1 heterocycles. The van der Waals surface area contributed by atoms with E-state index in [1.165, 1.54) is 6.07 Å². The van der Waals surface area contributed by atoms with Gasteiger partial charge in [-0.15, -0.1) is 0 Å². The van der Waals surface area contributed by atoms with Crippen molar-refractivity contribution < 1.29 is 4.92 Å². The number of pyridine rings is 1. The van der Waals surface area contributed by atoms with Gasteiger partial charge in [-0.3, -0.25) is 10.1 Å². The molecule has 1 aromatic heterocycles. The van der Waals surface area contributed by atoms with Crippen LogP contribution in [0.1, 0.15) is 33.6 Å². The van der Waals surface area contributed by atoms with E-state index < -0.39 is 4.92 Å². The summed E-state index contributed by atoms with van der Waals surface area (Å²) in [6.07, 6.45) is 3.64. The predicted molar refractivity (Wildman–Crippen MR) is 75.7 cm³/mol. The summed E-state index contributed by atoms with van der Waals surface area (Å²) in [6.45, 7) is 6.27. The van der Waals surface area contributed by atoms with Crippen molar-refractivity contribution in [3.05, 3.63) is 26.9 Å². The van der Waals surface area contributed by atoms with Crippen LogP contribution >= 0.6 is 15.9 Å². The quantitative estimate of drug-likeness (QED) is 0.636. The number of nitrogens with zero attached hydrogens (tertiary/aromatic N) is 2. The smallest absolute Gasteiger partial charge is 0.312 e. The van der Waals surface area contributed by atoms with E-state index in [0.29, 0.717) is 16.2 Å². The van der Waals surface area contributed by atoms with Crippen molar-refractivity contribution in [3.63, 3.8) is 0 Å². The summed E-state index contributed by atoms with van der Waals surface area (Å²) in [4.78, 5) is 14.6. The Labute approximate surface area is 115 Å². The number of halogens is 1. The van der Waals surface area contributed by atoms with Gasteiger partial charge >= 0.3 is 5.69 Å². The van der Waals surface area contributed by atoms with E-state index in [1.54, 1.807) is 6.20 Å². The normalized spacial score (nSPS) is 12.5. The zero-order valence-corrected chi connectivity index (χ0v) is 12.4. The van der Waals surface area contributed by atoms with Gasteiger partial charge in [0.1, 0.15) is 0 Å². The molecule has 5 nitrogen and oxygen atoms in total. The highest BCUT2D eigenvalue weighted by Crippen LogP contribution is 2.27. The lowest BCUT2D eigenvalue weighted by Gasteiger charge is -2.22. The Morgan fingerprint density at radius 1 is 1.50 bits per heavy atom. The SMILES string of the molecule is CCC(CC)C(C)Nc1ncc(Br)cc1[N+](=O)[O-]. The molecule has 1 rings (SSSR count). The Kier molecular flexibility index (Phi) is 5.53. The molecular formula is C12H18BrN3O2. The lowest BCUT2D eigenvalue weighted by atomic mass is 9.95. The van der Waals surface area contributed by atoms with Crippen molar-refractivity contribution in [1.82, 2.24) is 4.98 Å². The van der Waals surface area contributed by atoms with Crippen LogP contribution in [0.5, 0.6) is 0 Å². The van der Waals surface area contributed by atoms with Crippen molar-refractivity contribution in [2.24, 2.45) is 5.92 Å². The van der Waals surface area contributed by atoms with E-state index >= 15 is 0 Å². The van der Waals surface area contributed by atoms with Gasteiger partial charge in [0.15, 0.2) is 0 Å². The Hall–Kier alpha value is -1.17. The first kappa shape index (κ1) is 14.9. The standard InChI is InChI=1S/C12H18BrN3O2/c1-4-9(5-2)8(3)15-12-11(16(17)18)6-10(13)7-14-12/h6-9H,4-5H2,1-3H3,(H,14,15). The third-order valence-corrected chi connectivity index (χ3v) is 3.58. The number of anilines is 1. The molecule has 1 unspecified atom stereocenters. The van der Waals surface area contributed by atoms with Crippen LogP contribution in [0.2, 0.25) is 0 Å². The number of hydrogen-bond acceptors (Lipinski definition) is 4. The zero-order chi connectivity index (χ0) is 13.7. The Morgan fingerprint density at radius 3 is 2.61 bits per heavy atom. The summed E-state index contributed by atoms with van der Waals surface area (Å²) < 4.78 is 0.606. The molecule has 0 radical (unpaired) electrons. The summed E-state index contributed by atoms with van der Waals surface area (Å²) in [6, 6.07) is 1.63. The van der Waals surface area contributed by atoms with Crippen LogP contribution in [0.25, 0.3) is 0 Å². The summed E-state index contributed by atoms with van der Waals surface area (Å²) >= 11 is 3.19. The predicted octanol–water partition coefficient (Wildman–Crippen LogP) is 3.99. The fraction of sp³-hybridized carbons (Fsp3) is 0.583. The Morgan fingerprint density at radius 2 is 2.11 bits per heavy atom. The lowest BCUT2D eigenvalue weighted by molar-refractivity contribution is -0.384. The molecular weight excluding hydrogens is 298 g/mol. The molecule has 1 aromatic rings.